The first-order valence-electron chi connectivity index (χ1n) is 5.83. The van der Waals surface area contributed by atoms with Crippen molar-refractivity contribution in [1.29, 1.82) is 0 Å². The fourth-order valence-corrected chi connectivity index (χ4v) is 2.11. The highest BCUT2D eigenvalue weighted by atomic mass is 79.9. The average molecular weight is 286 g/mol. The molecule has 0 fully saturated rings. The molecular formula is C13H20BrNO. The van der Waals surface area contributed by atoms with Gasteiger partial charge in [-0.1, -0.05) is 47.5 Å². The summed E-state index contributed by atoms with van der Waals surface area (Å²) in [6, 6.07) is 8.24. The molecule has 0 bridgehead atoms. The van der Waals surface area contributed by atoms with Gasteiger partial charge in [-0.3, -0.25) is 0 Å². The Morgan fingerprint density at radius 1 is 1.38 bits per heavy atom. The molecule has 0 aliphatic carbocycles. The molecule has 2 nitrogen and oxygen atoms in total. The Morgan fingerprint density at radius 2 is 2.12 bits per heavy atom. The SMILES string of the molecule is CCC(CCO)CNCc1ccccc1Br. The number of aliphatic hydroxyl groups excluding tert-OH is 1. The molecule has 0 aromatic heterocycles. The molecule has 1 aromatic rings. The minimum Gasteiger partial charge on any atom is -0.396 e. The summed E-state index contributed by atoms with van der Waals surface area (Å²) in [6.07, 6.45) is 2.00. The van der Waals surface area contributed by atoms with Crippen molar-refractivity contribution in [2.75, 3.05) is 13.2 Å². The molecule has 0 heterocycles. The van der Waals surface area contributed by atoms with Gasteiger partial charge in [0.05, 0.1) is 0 Å². The average Bonchev–Trinajstić information content (AvgIpc) is 2.30. The molecule has 0 saturated carbocycles. The maximum Gasteiger partial charge on any atom is 0.0434 e. The van der Waals surface area contributed by atoms with E-state index in [1.807, 2.05) is 12.1 Å². The molecule has 0 amide bonds. The molecule has 1 atom stereocenters. The van der Waals surface area contributed by atoms with Gasteiger partial charge in [0.2, 0.25) is 0 Å². The second-order valence-electron chi connectivity index (χ2n) is 4.01. The summed E-state index contributed by atoms with van der Waals surface area (Å²) in [4.78, 5) is 0. The lowest BCUT2D eigenvalue weighted by Gasteiger charge is -2.14. The standard InChI is InChI=1S/C13H20BrNO/c1-2-11(7-8-16)9-15-10-12-5-3-4-6-13(12)14/h3-6,11,15-16H,2,7-10H2,1H3. The molecule has 0 saturated heterocycles. The molecule has 1 unspecified atom stereocenters. The Hall–Kier alpha value is -0.380. The van der Waals surface area contributed by atoms with Crippen LogP contribution in [0.1, 0.15) is 25.3 Å². The minimum absolute atomic E-state index is 0.287. The molecule has 2 N–H and O–H groups in total. The summed E-state index contributed by atoms with van der Waals surface area (Å²) in [5.74, 6) is 0.576. The van der Waals surface area contributed by atoms with Crippen molar-refractivity contribution in [1.82, 2.24) is 5.32 Å². The van der Waals surface area contributed by atoms with E-state index in [1.54, 1.807) is 0 Å². The van der Waals surface area contributed by atoms with Gasteiger partial charge in [0.15, 0.2) is 0 Å². The van der Waals surface area contributed by atoms with Crippen molar-refractivity contribution in [2.45, 2.75) is 26.3 Å². The van der Waals surface area contributed by atoms with E-state index in [-0.39, 0.29) is 6.61 Å². The lowest BCUT2D eigenvalue weighted by Crippen LogP contribution is -2.23. The monoisotopic (exact) mass is 285 g/mol. The third kappa shape index (κ3) is 4.64. The van der Waals surface area contributed by atoms with Gasteiger partial charge in [-0.2, -0.15) is 0 Å². The van der Waals surface area contributed by atoms with Gasteiger partial charge in [-0.05, 0) is 30.5 Å². The third-order valence-corrected chi connectivity index (χ3v) is 3.59. The molecule has 16 heavy (non-hydrogen) atoms. The van der Waals surface area contributed by atoms with E-state index < -0.39 is 0 Å². The molecule has 0 aliphatic heterocycles. The normalized spacial score (nSPS) is 12.7. The van der Waals surface area contributed by atoms with Crippen molar-refractivity contribution in [3.63, 3.8) is 0 Å². The first kappa shape index (κ1) is 13.7. The zero-order chi connectivity index (χ0) is 11.8. The lowest BCUT2D eigenvalue weighted by atomic mass is 10.0. The van der Waals surface area contributed by atoms with Crippen molar-refractivity contribution >= 4 is 15.9 Å². The van der Waals surface area contributed by atoms with E-state index in [1.165, 1.54) is 5.56 Å². The van der Waals surface area contributed by atoms with Crippen LogP contribution in [-0.4, -0.2) is 18.3 Å². The van der Waals surface area contributed by atoms with E-state index in [0.29, 0.717) is 5.92 Å². The van der Waals surface area contributed by atoms with Crippen LogP contribution < -0.4 is 5.32 Å². The van der Waals surface area contributed by atoms with Crippen LogP contribution >= 0.6 is 15.9 Å². The summed E-state index contributed by atoms with van der Waals surface area (Å²) in [6.45, 7) is 4.30. The third-order valence-electron chi connectivity index (χ3n) is 2.82. The number of hydrogen-bond acceptors (Lipinski definition) is 2. The number of aliphatic hydroxyl groups is 1. The van der Waals surface area contributed by atoms with Gasteiger partial charge < -0.3 is 10.4 Å². The number of hydrogen-bond donors (Lipinski definition) is 2. The Kier molecular flexibility index (Phi) is 6.69. The fourth-order valence-electron chi connectivity index (χ4n) is 1.69. The largest absolute Gasteiger partial charge is 0.396 e. The van der Waals surface area contributed by atoms with Crippen LogP contribution in [0, 0.1) is 5.92 Å². The minimum atomic E-state index is 0.287. The first-order chi connectivity index (χ1) is 7.77. The zero-order valence-electron chi connectivity index (χ0n) is 9.75. The molecule has 3 heteroatoms. The van der Waals surface area contributed by atoms with Gasteiger partial charge in [-0.15, -0.1) is 0 Å². The quantitative estimate of drug-likeness (QED) is 0.807. The van der Waals surface area contributed by atoms with Crippen LogP contribution in [0.25, 0.3) is 0 Å². The molecular weight excluding hydrogens is 266 g/mol. The second-order valence-corrected chi connectivity index (χ2v) is 4.86. The smallest absolute Gasteiger partial charge is 0.0434 e. The predicted octanol–water partition coefficient (Wildman–Crippen LogP) is 2.95. The molecule has 1 rings (SSSR count). The lowest BCUT2D eigenvalue weighted by molar-refractivity contribution is 0.251. The first-order valence-corrected chi connectivity index (χ1v) is 6.62. The van der Waals surface area contributed by atoms with Gasteiger partial charge >= 0.3 is 0 Å². The van der Waals surface area contributed by atoms with Crippen LogP contribution in [0.4, 0.5) is 0 Å². The summed E-state index contributed by atoms with van der Waals surface area (Å²) in [5, 5.41) is 12.3. The molecule has 1 aromatic carbocycles. The summed E-state index contributed by atoms with van der Waals surface area (Å²) in [5.41, 5.74) is 1.28. The maximum absolute atomic E-state index is 8.89. The van der Waals surface area contributed by atoms with E-state index in [0.717, 1.165) is 30.4 Å². The number of benzene rings is 1. The molecule has 0 radical (unpaired) electrons. The highest BCUT2D eigenvalue weighted by Gasteiger charge is 2.05. The second kappa shape index (κ2) is 7.82. The van der Waals surface area contributed by atoms with Crippen LogP contribution in [0.5, 0.6) is 0 Å². The maximum atomic E-state index is 8.89. The molecule has 0 aliphatic rings. The van der Waals surface area contributed by atoms with Crippen molar-refractivity contribution in [3.8, 4) is 0 Å². The van der Waals surface area contributed by atoms with Gasteiger partial charge in [-0.25, -0.2) is 0 Å². The highest BCUT2D eigenvalue weighted by molar-refractivity contribution is 9.10. The molecule has 90 valence electrons. The topological polar surface area (TPSA) is 32.3 Å². The highest BCUT2D eigenvalue weighted by Crippen LogP contribution is 2.15. The Bertz CT molecular complexity index is 304. The van der Waals surface area contributed by atoms with E-state index in [2.05, 4.69) is 40.3 Å². The number of rotatable bonds is 7. The zero-order valence-corrected chi connectivity index (χ0v) is 11.3. The van der Waals surface area contributed by atoms with Crippen LogP contribution in [0.3, 0.4) is 0 Å². The Morgan fingerprint density at radius 3 is 2.75 bits per heavy atom. The summed E-state index contributed by atoms with van der Waals surface area (Å²) >= 11 is 3.53. The molecule has 0 spiro atoms. The Balaban J connectivity index is 2.32. The van der Waals surface area contributed by atoms with Crippen LogP contribution in [0.15, 0.2) is 28.7 Å². The summed E-state index contributed by atoms with van der Waals surface area (Å²) in [7, 11) is 0. The van der Waals surface area contributed by atoms with Gasteiger partial charge in [0.1, 0.15) is 0 Å². The van der Waals surface area contributed by atoms with Crippen LogP contribution in [-0.2, 0) is 6.54 Å². The Labute approximate surface area is 106 Å². The van der Waals surface area contributed by atoms with E-state index in [9.17, 15) is 0 Å². The van der Waals surface area contributed by atoms with E-state index >= 15 is 0 Å². The van der Waals surface area contributed by atoms with Gasteiger partial charge in [0, 0.05) is 17.6 Å². The number of halogens is 1. The van der Waals surface area contributed by atoms with E-state index in [4.69, 9.17) is 5.11 Å². The number of nitrogens with one attached hydrogen (secondary N) is 1. The van der Waals surface area contributed by atoms with Crippen molar-refractivity contribution in [2.24, 2.45) is 5.92 Å². The fraction of sp³-hybridized carbons (Fsp3) is 0.538. The predicted molar refractivity (Wildman–Crippen MR) is 71.3 cm³/mol. The van der Waals surface area contributed by atoms with Crippen molar-refractivity contribution in [3.05, 3.63) is 34.3 Å². The summed E-state index contributed by atoms with van der Waals surface area (Å²) < 4.78 is 1.15. The van der Waals surface area contributed by atoms with Crippen molar-refractivity contribution < 1.29 is 5.11 Å². The van der Waals surface area contributed by atoms with Gasteiger partial charge in [0.25, 0.3) is 0 Å². The van der Waals surface area contributed by atoms with Crippen LogP contribution in [0.2, 0.25) is 0 Å².